The Labute approximate surface area is 315 Å². The second kappa shape index (κ2) is 10.3. The maximum atomic E-state index is 7.34. The largest absolute Gasteiger partial charge is 0.318 e. The molecule has 0 fully saturated rings. The fourth-order valence-electron chi connectivity index (χ4n) is 10.7. The summed E-state index contributed by atoms with van der Waals surface area (Å²) in [6.45, 7) is 7.00. The van der Waals surface area contributed by atoms with Crippen LogP contribution in [0.2, 0.25) is 0 Å². The van der Waals surface area contributed by atoms with Crippen LogP contribution in [0.5, 0.6) is 0 Å². The first kappa shape index (κ1) is 30.4. The molecule has 1 heteroatoms. The summed E-state index contributed by atoms with van der Waals surface area (Å²) in [5.74, 6) is 0.342. The molecular formula is C53H39N. The van der Waals surface area contributed by atoms with Gasteiger partial charge in [0, 0.05) is 11.3 Å². The van der Waals surface area contributed by atoms with E-state index >= 15 is 0 Å². The highest BCUT2D eigenvalue weighted by molar-refractivity contribution is 6.25. The zero-order valence-electron chi connectivity index (χ0n) is 30.8. The zero-order valence-corrected chi connectivity index (χ0v) is 30.8. The molecule has 2 atom stereocenters. The minimum absolute atomic E-state index is 0.140. The van der Waals surface area contributed by atoms with Crippen molar-refractivity contribution in [3.63, 3.8) is 0 Å². The molecule has 0 heterocycles. The van der Waals surface area contributed by atoms with Crippen LogP contribution in [0.3, 0.4) is 0 Å². The van der Waals surface area contributed by atoms with E-state index in [0.717, 1.165) is 6.42 Å². The highest BCUT2D eigenvalue weighted by Crippen LogP contribution is 2.56. The van der Waals surface area contributed by atoms with E-state index in [-0.39, 0.29) is 5.41 Å². The van der Waals surface area contributed by atoms with Crippen molar-refractivity contribution in [2.75, 3.05) is 0 Å². The van der Waals surface area contributed by atoms with Crippen LogP contribution >= 0.6 is 0 Å². The van der Waals surface area contributed by atoms with Crippen molar-refractivity contribution < 1.29 is 0 Å². The van der Waals surface area contributed by atoms with Gasteiger partial charge in [0.05, 0.1) is 5.54 Å². The molecule has 0 radical (unpaired) electrons. The van der Waals surface area contributed by atoms with Crippen LogP contribution in [-0.4, -0.2) is 0 Å². The van der Waals surface area contributed by atoms with E-state index in [9.17, 15) is 0 Å². The Bertz CT molecular complexity index is 3120. The number of allylic oxidation sites excluding steroid dienone is 1. The zero-order chi connectivity index (χ0) is 36.1. The number of benzene rings is 9. The van der Waals surface area contributed by atoms with E-state index in [1.165, 1.54) is 115 Å². The lowest BCUT2D eigenvalue weighted by atomic mass is 9.80. The molecular weight excluding hydrogens is 651 g/mol. The van der Waals surface area contributed by atoms with Crippen LogP contribution in [0.1, 0.15) is 65.6 Å². The van der Waals surface area contributed by atoms with Crippen LogP contribution in [-0.2, 0) is 17.4 Å². The number of rotatable bonds is 2. The molecule has 54 heavy (non-hydrogen) atoms. The molecule has 9 aromatic carbocycles. The summed E-state index contributed by atoms with van der Waals surface area (Å²) in [7, 11) is 0. The first-order valence-corrected chi connectivity index (χ1v) is 19.4. The molecule has 0 saturated carbocycles. The number of hydrogen-bond acceptors (Lipinski definition) is 1. The van der Waals surface area contributed by atoms with Gasteiger partial charge in [0.2, 0.25) is 0 Å². The topological polar surface area (TPSA) is 26.0 Å². The Morgan fingerprint density at radius 1 is 0.519 bits per heavy atom. The summed E-state index contributed by atoms with van der Waals surface area (Å²) in [5.41, 5.74) is 23.8. The maximum Gasteiger partial charge on any atom is 0.0649 e. The number of hydrogen-bond donors (Lipinski definition) is 1. The molecule has 1 nitrogen and oxygen atoms in total. The molecule has 2 N–H and O–H groups in total. The van der Waals surface area contributed by atoms with Crippen LogP contribution in [0.25, 0.3) is 82.5 Å². The number of nitrogens with two attached hydrogens (primary N) is 1. The third kappa shape index (κ3) is 3.87. The second-order valence-electron chi connectivity index (χ2n) is 16.8. The molecule has 0 spiro atoms. The lowest BCUT2D eigenvalue weighted by Gasteiger charge is -2.24. The van der Waals surface area contributed by atoms with Crippen LogP contribution in [0, 0.1) is 0 Å². The van der Waals surface area contributed by atoms with Gasteiger partial charge in [-0.05, 0) is 135 Å². The maximum absolute atomic E-state index is 7.34. The van der Waals surface area contributed by atoms with Crippen molar-refractivity contribution in [1.29, 1.82) is 0 Å². The van der Waals surface area contributed by atoms with E-state index in [2.05, 4.69) is 172 Å². The van der Waals surface area contributed by atoms with Crippen molar-refractivity contribution in [2.45, 2.75) is 44.1 Å². The van der Waals surface area contributed by atoms with E-state index < -0.39 is 5.54 Å². The first-order valence-electron chi connectivity index (χ1n) is 19.4. The van der Waals surface area contributed by atoms with E-state index in [4.69, 9.17) is 5.73 Å². The van der Waals surface area contributed by atoms with Crippen molar-refractivity contribution in [1.82, 2.24) is 0 Å². The minimum atomic E-state index is -0.572. The Kier molecular flexibility index (Phi) is 5.83. The molecule has 9 aromatic rings. The Morgan fingerprint density at radius 2 is 1.17 bits per heavy atom. The molecule has 0 aromatic heterocycles. The smallest absolute Gasteiger partial charge is 0.0649 e. The summed E-state index contributed by atoms with van der Waals surface area (Å²) in [6, 6.07) is 53.0. The molecule has 0 saturated heterocycles. The predicted octanol–water partition coefficient (Wildman–Crippen LogP) is 13.3. The fourth-order valence-corrected chi connectivity index (χ4v) is 10.7. The average Bonchev–Trinajstić information content (AvgIpc) is 3.58. The van der Waals surface area contributed by atoms with Crippen LogP contribution < -0.4 is 5.73 Å². The Hall–Kier alpha value is -6.02. The van der Waals surface area contributed by atoms with Gasteiger partial charge < -0.3 is 5.73 Å². The standard InChI is InChI=1S/C53H39N/c1-52(2)44-25-23-41-40(24-26-45-51(41)43-21-17-36(28-47(43)53(45,3)54)35-14-11-30-7-4-5-8-34(30)27-35)50(44)42-22-18-37(29-46(42)52)38-19-15-33-13-12-31-9-6-10-32-16-20-39(38)49(33)48(31)32/h4-26,28-29,35H,27,54H2,1-3H3. The van der Waals surface area contributed by atoms with Gasteiger partial charge in [-0.3, -0.25) is 0 Å². The van der Waals surface area contributed by atoms with Gasteiger partial charge >= 0.3 is 0 Å². The van der Waals surface area contributed by atoms with Gasteiger partial charge in [0.25, 0.3) is 0 Å². The molecule has 256 valence electrons. The van der Waals surface area contributed by atoms with Gasteiger partial charge in [-0.1, -0.05) is 159 Å². The average molecular weight is 690 g/mol. The van der Waals surface area contributed by atoms with Crippen molar-refractivity contribution >= 4 is 49.2 Å². The van der Waals surface area contributed by atoms with Crippen molar-refractivity contribution in [2.24, 2.45) is 5.73 Å². The first-order chi connectivity index (χ1) is 26.3. The minimum Gasteiger partial charge on any atom is -0.318 e. The lowest BCUT2D eigenvalue weighted by Crippen LogP contribution is -2.32. The summed E-state index contributed by atoms with van der Waals surface area (Å²) in [4.78, 5) is 0. The Morgan fingerprint density at radius 3 is 2.00 bits per heavy atom. The third-order valence-corrected chi connectivity index (χ3v) is 13.5. The summed E-state index contributed by atoms with van der Waals surface area (Å²) in [5, 5.41) is 10.6. The second-order valence-corrected chi connectivity index (χ2v) is 16.8. The molecule has 2 unspecified atom stereocenters. The van der Waals surface area contributed by atoms with Crippen LogP contribution in [0.4, 0.5) is 0 Å². The molecule has 0 amide bonds. The quantitative estimate of drug-likeness (QED) is 0.180. The summed E-state index contributed by atoms with van der Waals surface area (Å²) >= 11 is 0. The fraction of sp³-hybridized carbons (Fsp3) is 0.132. The summed E-state index contributed by atoms with van der Waals surface area (Å²) < 4.78 is 0. The molecule has 3 aliphatic rings. The third-order valence-electron chi connectivity index (χ3n) is 13.5. The van der Waals surface area contributed by atoms with Gasteiger partial charge in [0.15, 0.2) is 0 Å². The lowest BCUT2D eigenvalue weighted by molar-refractivity contribution is 0.619. The molecule has 0 aliphatic heterocycles. The monoisotopic (exact) mass is 689 g/mol. The highest BCUT2D eigenvalue weighted by atomic mass is 14.7. The van der Waals surface area contributed by atoms with E-state index in [0.29, 0.717) is 5.92 Å². The molecule has 0 bridgehead atoms. The number of fused-ring (bicyclic) bond motifs is 10. The Balaban J connectivity index is 0.999. The predicted molar refractivity (Wildman–Crippen MR) is 229 cm³/mol. The van der Waals surface area contributed by atoms with E-state index in [1.54, 1.807) is 0 Å². The van der Waals surface area contributed by atoms with Crippen LogP contribution in [0.15, 0.2) is 146 Å². The summed E-state index contributed by atoms with van der Waals surface area (Å²) in [6.07, 6.45) is 5.67. The van der Waals surface area contributed by atoms with Gasteiger partial charge in [0.1, 0.15) is 0 Å². The van der Waals surface area contributed by atoms with E-state index in [1.807, 2.05) is 0 Å². The molecule has 12 rings (SSSR count). The SMILES string of the molecule is CC1(C)c2cc(-c3ccc4ccc5cccc6ccc3c4c56)ccc2-c2c1ccc1c3c(ccc21)C(C)(N)c1cc(C2C=Cc4ccccc4C2)ccc1-3. The molecule has 3 aliphatic carbocycles. The van der Waals surface area contributed by atoms with Crippen molar-refractivity contribution in [3.8, 4) is 33.4 Å². The van der Waals surface area contributed by atoms with Crippen molar-refractivity contribution in [3.05, 3.63) is 185 Å². The highest BCUT2D eigenvalue weighted by Gasteiger charge is 2.41. The van der Waals surface area contributed by atoms with Gasteiger partial charge in [-0.25, -0.2) is 0 Å². The van der Waals surface area contributed by atoms with Gasteiger partial charge in [-0.15, -0.1) is 0 Å². The normalized spacial score (nSPS) is 19.0. The van der Waals surface area contributed by atoms with Gasteiger partial charge in [-0.2, -0.15) is 0 Å².